The number of aryl methyl sites for hydroxylation is 1. The number of nitrogens with one attached hydrogen (secondary N) is 1. The Balaban J connectivity index is 2.13. The molecule has 1 aromatic heterocycles. The van der Waals surface area contributed by atoms with E-state index in [0.717, 1.165) is 5.56 Å². The molecule has 0 saturated carbocycles. The fourth-order valence-electron chi connectivity index (χ4n) is 1.63. The van der Waals surface area contributed by atoms with Crippen molar-refractivity contribution in [2.24, 2.45) is 7.05 Å². The van der Waals surface area contributed by atoms with Crippen molar-refractivity contribution in [2.75, 3.05) is 5.32 Å². The molecule has 1 N–H and O–H groups in total. The van der Waals surface area contributed by atoms with E-state index in [9.17, 15) is 10.1 Å². The summed E-state index contributed by atoms with van der Waals surface area (Å²) in [4.78, 5) is 10.2. The smallest absolute Gasteiger partial charge is 0.271 e. The van der Waals surface area contributed by atoms with Crippen LogP contribution in [0.2, 0.25) is 5.02 Å². The molecule has 2 rings (SSSR count). The summed E-state index contributed by atoms with van der Waals surface area (Å²) < 4.78 is 1.94. The van der Waals surface area contributed by atoms with E-state index >= 15 is 0 Å². The summed E-state index contributed by atoms with van der Waals surface area (Å²) in [7, 11) is 1.93. The molecular weight excluding hydrogens is 254 g/mol. The lowest BCUT2D eigenvalue weighted by Gasteiger charge is -2.07. The van der Waals surface area contributed by atoms with Gasteiger partial charge in [-0.3, -0.25) is 10.1 Å². The Kier molecular flexibility index (Phi) is 3.53. The molecule has 0 aliphatic carbocycles. The normalized spacial score (nSPS) is 10.3. The third kappa shape index (κ3) is 2.81. The number of non-ortho nitro benzene ring substituents is 1. The molecule has 1 aromatic carbocycles. The second kappa shape index (κ2) is 5.10. The van der Waals surface area contributed by atoms with E-state index in [1.807, 2.05) is 30.1 Å². The highest BCUT2D eigenvalue weighted by atomic mass is 35.5. The zero-order valence-electron chi connectivity index (χ0n) is 9.76. The molecule has 0 aliphatic rings. The summed E-state index contributed by atoms with van der Waals surface area (Å²) >= 11 is 5.98. The molecule has 0 aliphatic heterocycles. The van der Waals surface area contributed by atoms with Crippen LogP contribution in [0.5, 0.6) is 0 Å². The summed E-state index contributed by atoms with van der Waals surface area (Å²) in [5, 5.41) is 14.2. The number of nitrogens with zero attached hydrogens (tertiary/aromatic N) is 2. The standard InChI is InChI=1S/C12H12ClN3O2/c1-15-5-4-9(8-15)7-14-12-6-10(16(17)18)2-3-11(12)13/h2-6,8,14H,7H2,1H3. The summed E-state index contributed by atoms with van der Waals surface area (Å²) in [6.45, 7) is 0.571. The molecule has 0 atom stereocenters. The molecule has 2 aromatic rings. The molecule has 0 saturated heterocycles. The topological polar surface area (TPSA) is 60.1 Å². The number of nitro benzene ring substituents is 1. The summed E-state index contributed by atoms with van der Waals surface area (Å²) in [5.74, 6) is 0. The number of rotatable bonds is 4. The minimum atomic E-state index is -0.440. The Bertz CT molecular complexity index is 580. The van der Waals surface area contributed by atoms with Gasteiger partial charge in [-0.15, -0.1) is 0 Å². The maximum absolute atomic E-state index is 10.7. The van der Waals surface area contributed by atoms with E-state index in [2.05, 4.69) is 5.32 Å². The summed E-state index contributed by atoms with van der Waals surface area (Å²) in [5.41, 5.74) is 1.67. The van der Waals surface area contributed by atoms with Gasteiger partial charge in [0, 0.05) is 38.1 Å². The largest absolute Gasteiger partial charge is 0.379 e. The summed E-state index contributed by atoms with van der Waals surface area (Å²) in [6.07, 6.45) is 3.91. The Morgan fingerprint density at radius 3 is 2.83 bits per heavy atom. The zero-order valence-corrected chi connectivity index (χ0v) is 10.5. The molecule has 94 valence electrons. The van der Waals surface area contributed by atoms with Crippen LogP contribution in [0.25, 0.3) is 0 Å². The van der Waals surface area contributed by atoms with Crippen LogP contribution in [0.15, 0.2) is 36.7 Å². The molecule has 0 bridgehead atoms. The fraction of sp³-hybridized carbons (Fsp3) is 0.167. The van der Waals surface area contributed by atoms with Gasteiger partial charge in [0.2, 0.25) is 0 Å². The van der Waals surface area contributed by atoms with Crippen LogP contribution in [-0.4, -0.2) is 9.49 Å². The van der Waals surface area contributed by atoms with Crippen molar-refractivity contribution in [3.05, 3.63) is 57.4 Å². The molecule has 5 nitrogen and oxygen atoms in total. The van der Waals surface area contributed by atoms with E-state index in [1.165, 1.54) is 18.2 Å². The van der Waals surface area contributed by atoms with Gasteiger partial charge in [-0.25, -0.2) is 0 Å². The molecule has 0 amide bonds. The van der Waals surface area contributed by atoms with Gasteiger partial charge < -0.3 is 9.88 Å². The van der Waals surface area contributed by atoms with Gasteiger partial charge >= 0.3 is 0 Å². The molecule has 6 heteroatoms. The summed E-state index contributed by atoms with van der Waals surface area (Å²) in [6, 6.07) is 6.31. The molecule has 0 radical (unpaired) electrons. The first-order valence-corrected chi connectivity index (χ1v) is 5.73. The minimum absolute atomic E-state index is 0.0231. The Hall–Kier alpha value is -2.01. The third-order valence-corrected chi connectivity index (χ3v) is 2.87. The van der Waals surface area contributed by atoms with E-state index in [-0.39, 0.29) is 5.69 Å². The highest BCUT2D eigenvalue weighted by Crippen LogP contribution is 2.27. The number of nitro groups is 1. The fourth-order valence-corrected chi connectivity index (χ4v) is 1.81. The van der Waals surface area contributed by atoms with Crippen LogP contribution < -0.4 is 5.32 Å². The molecule has 0 fully saturated rings. The van der Waals surface area contributed by atoms with E-state index in [4.69, 9.17) is 11.6 Å². The van der Waals surface area contributed by atoms with Crippen LogP contribution in [0.4, 0.5) is 11.4 Å². The first-order chi connectivity index (χ1) is 8.56. The first kappa shape index (κ1) is 12.4. The van der Waals surface area contributed by atoms with Crippen molar-refractivity contribution in [3.8, 4) is 0 Å². The minimum Gasteiger partial charge on any atom is -0.379 e. The van der Waals surface area contributed by atoms with Crippen molar-refractivity contribution in [2.45, 2.75) is 6.54 Å². The van der Waals surface area contributed by atoms with Gasteiger partial charge in [-0.2, -0.15) is 0 Å². The molecule has 1 heterocycles. The van der Waals surface area contributed by atoms with Gasteiger partial charge in [0.05, 0.1) is 15.6 Å². The Morgan fingerprint density at radius 2 is 2.22 bits per heavy atom. The number of anilines is 1. The van der Waals surface area contributed by atoms with Crippen molar-refractivity contribution in [3.63, 3.8) is 0 Å². The number of hydrogen-bond donors (Lipinski definition) is 1. The molecule has 0 unspecified atom stereocenters. The highest BCUT2D eigenvalue weighted by Gasteiger charge is 2.09. The molecule has 18 heavy (non-hydrogen) atoms. The maximum Gasteiger partial charge on any atom is 0.271 e. The second-order valence-electron chi connectivity index (χ2n) is 3.96. The number of halogens is 1. The van der Waals surface area contributed by atoms with Gasteiger partial charge in [0.15, 0.2) is 0 Å². The molecule has 0 spiro atoms. The number of benzene rings is 1. The van der Waals surface area contributed by atoms with Gasteiger partial charge in [0.1, 0.15) is 0 Å². The average Bonchev–Trinajstić information content (AvgIpc) is 2.74. The monoisotopic (exact) mass is 265 g/mol. The first-order valence-electron chi connectivity index (χ1n) is 5.35. The molecular formula is C12H12ClN3O2. The lowest BCUT2D eigenvalue weighted by molar-refractivity contribution is -0.384. The third-order valence-electron chi connectivity index (χ3n) is 2.54. The Morgan fingerprint density at radius 1 is 1.44 bits per heavy atom. The van der Waals surface area contributed by atoms with Gasteiger partial charge in [0.25, 0.3) is 5.69 Å². The lowest BCUT2D eigenvalue weighted by atomic mass is 10.2. The second-order valence-corrected chi connectivity index (χ2v) is 4.37. The van der Waals surface area contributed by atoms with Gasteiger partial charge in [-0.1, -0.05) is 11.6 Å². The van der Waals surface area contributed by atoms with Crippen LogP contribution in [0.1, 0.15) is 5.56 Å². The van der Waals surface area contributed by atoms with E-state index in [1.54, 1.807) is 0 Å². The van der Waals surface area contributed by atoms with Crippen LogP contribution in [0, 0.1) is 10.1 Å². The lowest BCUT2D eigenvalue weighted by Crippen LogP contribution is -2.00. The average molecular weight is 266 g/mol. The number of hydrogen-bond acceptors (Lipinski definition) is 3. The SMILES string of the molecule is Cn1ccc(CNc2cc([N+](=O)[O-])ccc2Cl)c1. The predicted molar refractivity (Wildman–Crippen MR) is 70.8 cm³/mol. The van der Waals surface area contributed by atoms with E-state index in [0.29, 0.717) is 17.3 Å². The zero-order chi connectivity index (χ0) is 13.1. The Labute approximate surface area is 109 Å². The van der Waals surface area contributed by atoms with Crippen molar-refractivity contribution in [1.29, 1.82) is 0 Å². The van der Waals surface area contributed by atoms with Crippen LogP contribution in [0.3, 0.4) is 0 Å². The predicted octanol–water partition coefficient (Wildman–Crippen LogP) is 3.20. The van der Waals surface area contributed by atoms with Crippen LogP contribution in [-0.2, 0) is 13.6 Å². The van der Waals surface area contributed by atoms with E-state index < -0.39 is 4.92 Å². The highest BCUT2D eigenvalue weighted by molar-refractivity contribution is 6.33. The van der Waals surface area contributed by atoms with Crippen LogP contribution >= 0.6 is 11.6 Å². The van der Waals surface area contributed by atoms with Crippen molar-refractivity contribution in [1.82, 2.24) is 4.57 Å². The van der Waals surface area contributed by atoms with Gasteiger partial charge in [-0.05, 0) is 17.7 Å². The number of aromatic nitrogens is 1. The maximum atomic E-state index is 10.7. The van der Waals surface area contributed by atoms with Crippen molar-refractivity contribution >= 4 is 23.0 Å². The quantitative estimate of drug-likeness (QED) is 0.682. The van der Waals surface area contributed by atoms with Crippen molar-refractivity contribution < 1.29 is 4.92 Å².